The van der Waals surface area contributed by atoms with Gasteiger partial charge in [0.25, 0.3) is 0 Å². The topological polar surface area (TPSA) is 62.8 Å². The van der Waals surface area contributed by atoms with Gasteiger partial charge in [-0.1, -0.05) is 6.07 Å². The Hall–Kier alpha value is -3.12. The van der Waals surface area contributed by atoms with Crippen LogP contribution in [-0.4, -0.2) is 22.3 Å². The summed E-state index contributed by atoms with van der Waals surface area (Å²) in [5.41, 5.74) is 2.78. The number of nitrogens with zero attached hydrogens (tertiary/aromatic N) is 2. The average Bonchev–Trinajstić information content (AvgIpc) is 3.30. The van der Waals surface area contributed by atoms with Crippen LogP contribution in [0.4, 0.5) is 11.5 Å². The molecule has 0 saturated heterocycles. The van der Waals surface area contributed by atoms with Gasteiger partial charge >= 0.3 is 0 Å². The second kappa shape index (κ2) is 5.46. The molecular formula is C19H14N4OS. The molecule has 0 bridgehead atoms. The third kappa shape index (κ3) is 2.30. The van der Waals surface area contributed by atoms with Crippen LogP contribution in [0, 0.1) is 0 Å². The third-order valence-corrected chi connectivity index (χ3v) is 5.20. The van der Waals surface area contributed by atoms with Crippen molar-refractivity contribution < 1.29 is 4.74 Å². The Morgan fingerprint density at radius 3 is 2.96 bits per heavy atom. The summed E-state index contributed by atoms with van der Waals surface area (Å²) in [4.78, 5) is 4.78. The van der Waals surface area contributed by atoms with Crippen LogP contribution in [0.15, 0.2) is 54.0 Å². The molecule has 6 heteroatoms. The first-order chi connectivity index (χ1) is 12.3. The summed E-state index contributed by atoms with van der Waals surface area (Å²) in [6, 6.07) is 14.3. The number of anilines is 2. The van der Waals surface area contributed by atoms with Gasteiger partial charge in [-0.25, -0.2) is 4.98 Å². The second-order valence-corrected chi connectivity index (χ2v) is 6.75. The van der Waals surface area contributed by atoms with Crippen LogP contribution in [0.1, 0.15) is 0 Å². The van der Waals surface area contributed by atoms with E-state index in [9.17, 15) is 0 Å². The lowest BCUT2D eigenvalue weighted by atomic mass is 10.1. The van der Waals surface area contributed by atoms with Crippen LogP contribution in [0.2, 0.25) is 0 Å². The molecule has 0 unspecified atom stereocenters. The third-order valence-electron chi connectivity index (χ3n) is 4.32. The molecule has 0 fully saturated rings. The number of nitrogens with one attached hydrogen (secondary N) is 2. The molecule has 0 atom stereocenters. The fraction of sp³-hybridized carbons (Fsp3) is 0.0526. The molecule has 0 aliphatic carbocycles. The van der Waals surface area contributed by atoms with Crippen LogP contribution in [0.3, 0.4) is 0 Å². The normalized spacial score (nSPS) is 11.4. The maximum absolute atomic E-state index is 5.33. The second-order valence-electron chi connectivity index (χ2n) is 5.80. The van der Waals surface area contributed by atoms with Gasteiger partial charge in [-0.2, -0.15) is 5.10 Å². The standard InChI is InChI=1S/C19H14N4OS/c1-24-13-4-5-16-14(9-13)15-10-20-23-18(15)19(22-16)21-12-3-2-11-6-7-25-17(11)8-12/h2-10H,1H3,(H,20,23)(H,21,22). The van der Waals surface area contributed by atoms with Gasteiger partial charge in [0.1, 0.15) is 11.3 Å². The minimum absolute atomic E-state index is 0.765. The zero-order valence-corrected chi connectivity index (χ0v) is 14.2. The monoisotopic (exact) mass is 346 g/mol. The van der Waals surface area contributed by atoms with Crippen molar-refractivity contribution in [3.05, 3.63) is 54.0 Å². The predicted molar refractivity (Wildman–Crippen MR) is 103 cm³/mol. The minimum Gasteiger partial charge on any atom is -0.497 e. The number of pyridine rings is 1. The molecule has 0 aliphatic heterocycles. The van der Waals surface area contributed by atoms with Gasteiger partial charge in [0.15, 0.2) is 5.82 Å². The molecule has 0 radical (unpaired) electrons. The summed E-state index contributed by atoms with van der Waals surface area (Å²) >= 11 is 1.73. The number of rotatable bonds is 3. The van der Waals surface area contributed by atoms with Crippen molar-refractivity contribution in [2.24, 2.45) is 0 Å². The summed E-state index contributed by atoms with van der Waals surface area (Å²) in [6.45, 7) is 0. The van der Waals surface area contributed by atoms with Crippen molar-refractivity contribution in [1.82, 2.24) is 15.2 Å². The summed E-state index contributed by atoms with van der Waals surface area (Å²) in [7, 11) is 1.66. The Kier molecular flexibility index (Phi) is 3.11. The highest BCUT2D eigenvalue weighted by Gasteiger charge is 2.11. The molecule has 0 aliphatic rings. The first kappa shape index (κ1) is 14.2. The van der Waals surface area contributed by atoms with Gasteiger partial charge in [0, 0.05) is 21.2 Å². The Morgan fingerprint density at radius 2 is 2.04 bits per heavy atom. The van der Waals surface area contributed by atoms with E-state index in [1.807, 2.05) is 24.4 Å². The molecule has 0 spiro atoms. The molecule has 3 aromatic heterocycles. The van der Waals surface area contributed by atoms with E-state index in [1.165, 1.54) is 10.1 Å². The maximum atomic E-state index is 5.33. The van der Waals surface area contributed by atoms with E-state index in [2.05, 4.69) is 45.2 Å². The number of H-pyrrole nitrogens is 1. The number of fused-ring (bicyclic) bond motifs is 4. The lowest BCUT2D eigenvalue weighted by molar-refractivity contribution is 0.415. The number of benzene rings is 2. The fourth-order valence-electron chi connectivity index (χ4n) is 3.06. The van der Waals surface area contributed by atoms with Gasteiger partial charge in [0.2, 0.25) is 0 Å². The van der Waals surface area contributed by atoms with E-state index in [4.69, 9.17) is 9.72 Å². The van der Waals surface area contributed by atoms with E-state index in [1.54, 1.807) is 18.4 Å². The van der Waals surface area contributed by atoms with E-state index in [0.29, 0.717) is 0 Å². The van der Waals surface area contributed by atoms with E-state index < -0.39 is 0 Å². The van der Waals surface area contributed by atoms with Crippen molar-refractivity contribution in [1.29, 1.82) is 0 Å². The molecule has 25 heavy (non-hydrogen) atoms. The molecule has 2 aromatic carbocycles. The Morgan fingerprint density at radius 1 is 1.08 bits per heavy atom. The number of aromatic nitrogens is 3. The van der Waals surface area contributed by atoms with Gasteiger partial charge in [0.05, 0.1) is 18.8 Å². The average molecular weight is 346 g/mol. The zero-order chi connectivity index (χ0) is 16.8. The summed E-state index contributed by atoms with van der Waals surface area (Å²) in [5, 5.41) is 16.1. The van der Waals surface area contributed by atoms with Crippen molar-refractivity contribution >= 4 is 54.7 Å². The SMILES string of the molecule is COc1ccc2nc(Nc3ccc4ccsc4c3)c3[nH]ncc3c2c1. The molecule has 3 heterocycles. The highest BCUT2D eigenvalue weighted by molar-refractivity contribution is 7.17. The Balaban J connectivity index is 1.67. The first-order valence-electron chi connectivity index (χ1n) is 7.87. The largest absolute Gasteiger partial charge is 0.497 e. The van der Waals surface area contributed by atoms with Crippen molar-refractivity contribution in [2.45, 2.75) is 0 Å². The molecule has 5 aromatic rings. The molecular weight excluding hydrogens is 332 g/mol. The molecule has 0 saturated carbocycles. The molecule has 2 N–H and O–H groups in total. The van der Waals surface area contributed by atoms with E-state index in [0.717, 1.165) is 39.1 Å². The van der Waals surface area contributed by atoms with Crippen LogP contribution in [-0.2, 0) is 0 Å². The highest BCUT2D eigenvalue weighted by atomic mass is 32.1. The van der Waals surface area contributed by atoms with Crippen molar-refractivity contribution in [3.8, 4) is 5.75 Å². The zero-order valence-electron chi connectivity index (χ0n) is 13.4. The number of hydrogen-bond acceptors (Lipinski definition) is 5. The van der Waals surface area contributed by atoms with Gasteiger partial charge in [-0.05, 0) is 47.2 Å². The molecule has 5 nitrogen and oxygen atoms in total. The first-order valence-corrected chi connectivity index (χ1v) is 8.75. The number of hydrogen-bond donors (Lipinski definition) is 2. The van der Waals surface area contributed by atoms with Crippen LogP contribution in [0.25, 0.3) is 31.9 Å². The summed E-state index contributed by atoms with van der Waals surface area (Å²) < 4.78 is 6.58. The fourth-order valence-corrected chi connectivity index (χ4v) is 3.89. The number of methoxy groups -OCH3 is 1. The summed E-state index contributed by atoms with van der Waals surface area (Å²) in [6.07, 6.45) is 1.83. The van der Waals surface area contributed by atoms with Crippen molar-refractivity contribution in [2.75, 3.05) is 12.4 Å². The molecule has 5 rings (SSSR count). The Bertz CT molecular complexity index is 1220. The lowest BCUT2D eigenvalue weighted by Crippen LogP contribution is -1.96. The highest BCUT2D eigenvalue weighted by Crippen LogP contribution is 2.32. The molecule has 0 amide bonds. The predicted octanol–water partition coefficient (Wildman–Crippen LogP) is 5.08. The van der Waals surface area contributed by atoms with Crippen LogP contribution >= 0.6 is 11.3 Å². The van der Waals surface area contributed by atoms with E-state index in [-0.39, 0.29) is 0 Å². The van der Waals surface area contributed by atoms with Crippen LogP contribution in [0.5, 0.6) is 5.75 Å². The van der Waals surface area contributed by atoms with Gasteiger partial charge in [-0.3, -0.25) is 5.10 Å². The minimum atomic E-state index is 0.765. The molecule has 122 valence electrons. The summed E-state index contributed by atoms with van der Waals surface area (Å²) in [5.74, 6) is 1.57. The van der Waals surface area contributed by atoms with Crippen LogP contribution < -0.4 is 10.1 Å². The van der Waals surface area contributed by atoms with Gasteiger partial charge in [-0.15, -0.1) is 11.3 Å². The number of aromatic amines is 1. The number of ether oxygens (including phenoxy) is 1. The number of thiophene rings is 1. The maximum Gasteiger partial charge on any atom is 0.157 e. The van der Waals surface area contributed by atoms with Gasteiger partial charge < -0.3 is 10.1 Å². The van der Waals surface area contributed by atoms with E-state index >= 15 is 0 Å². The smallest absolute Gasteiger partial charge is 0.157 e. The quantitative estimate of drug-likeness (QED) is 0.478. The Labute approximate surface area is 147 Å². The lowest BCUT2D eigenvalue weighted by Gasteiger charge is -2.10. The van der Waals surface area contributed by atoms with Crippen molar-refractivity contribution in [3.63, 3.8) is 0 Å².